The average Bonchev–Trinajstić information content (AvgIpc) is 3.09. The number of alkyl halides is 3. The van der Waals surface area contributed by atoms with E-state index >= 15 is 0 Å². The molecule has 0 saturated carbocycles. The van der Waals surface area contributed by atoms with E-state index in [-0.39, 0.29) is 5.69 Å². The normalized spacial score (nSPS) is 14.4. The maximum atomic E-state index is 13.2. The molecule has 2 aromatic rings. The molecule has 1 N–H and O–H groups in total. The predicted octanol–water partition coefficient (Wildman–Crippen LogP) is 4.92. The molecular formula is C18H17F3N2O2. The molecule has 1 aliphatic heterocycles. The highest BCUT2D eigenvalue weighted by molar-refractivity contribution is 5.87. The second-order valence-corrected chi connectivity index (χ2v) is 5.79. The van der Waals surface area contributed by atoms with E-state index in [1.54, 1.807) is 30.3 Å². The summed E-state index contributed by atoms with van der Waals surface area (Å²) < 4.78 is 44.5. The summed E-state index contributed by atoms with van der Waals surface area (Å²) in [5, 5.41) is 2.38. The van der Waals surface area contributed by atoms with Gasteiger partial charge in [0.25, 0.3) is 0 Å². The first-order valence-corrected chi connectivity index (χ1v) is 7.93. The third-order valence-corrected chi connectivity index (χ3v) is 3.92. The quantitative estimate of drug-likeness (QED) is 0.855. The van der Waals surface area contributed by atoms with Crippen molar-refractivity contribution in [2.75, 3.05) is 23.3 Å². The molecule has 0 unspecified atom stereocenters. The molecule has 25 heavy (non-hydrogen) atoms. The van der Waals surface area contributed by atoms with Crippen LogP contribution in [0.3, 0.4) is 0 Å². The van der Waals surface area contributed by atoms with Gasteiger partial charge in [0.2, 0.25) is 0 Å². The second-order valence-electron chi connectivity index (χ2n) is 5.79. The minimum atomic E-state index is -4.49. The van der Waals surface area contributed by atoms with Crippen LogP contribution >= 0.6 is 0 Å². The number of rotatable bonds is 3. The molecule has 3 rings (SSSR count). The van der Waals surface area contributed by atoms with Gasteiger partial charge in [-0.05, 0) is 43.2 Å². The van der Waals surface area contributed by atoms with Gasteiger partial charge >= 0.3 is 12.3 Å². The lowest BCUT2D eigenvalue weighted by Gasteiger charge is -2.21. The Morgan fingerprint density at radius 2 is 1.72 bits per heavy atom. The Morgan fingerprint density at radius 1 is 1.04 bits per heavy atom. The number of ether oxygens (including phenoxy) is 1. The standard InChI is InChI=1S/C18H17F3N2O2/c19-18(20,21)13-10-14(12-15(11-13)23-8-4-5-9-23)22-17(24)25-16-6-2-1-3-7-16/h1-3,6-7,10-12H,4-5,8-9H2,(H,22,24). The van der Waals surface area contributed by atoms with E-state index in [9.17, 15) is 18.0 Å². The minimum absolute atomic E-state index is 0.0534. The Balaban J connectivity index is 1.81. The SMILES string of the molecule is O=C(Nc1cc(N2CCCC2)cc(C(F)(F)F)c1)Oc1ccccc1. The molecule has 0 spiro atoms. The number of nitrogens with one attached hydrogen (secondary N) is 1. The summed E-state index contributed by atoms with van der Waals surface area (Å²) in [5.74, 6) is 0.312. The van der Waals surface area contributed by atoms with Gasteiger partial charge in [0.1, 0.15) is 5.75 Å². The number of anilines is 2. The summed E-state index contributed by atoms with van der Waals surface area (Å²) in [7, 11) is 0. The Labute approximate surface area is 143 Å². The third-order valence-electron chi connectivity index (χ3n) is 3.92. The van der Waals surface area contributed by atoms with Gasteiger partial charge in [0, 0.05) is 24.5 Å². The number of carbonyl (C=O) groups excluding carboxylic acids is 1. The van der Waals surface area contributed by atoms with Crippen molar-refractivity contribution in [3.63, 3.8) is 0 Å². The zero-order valence-electron chi connectivity index (χ0n) is 13.3. The van der Waals surface area contributed by atoms with E-state index in [2.05, 4.69) is 5.32 Å². The van der Waals surface area contributed by atoms with Crippen molar-refractivity contribution in [2.45, 2.75) is 19.0 Å². The van der Waals surface area contributed by atoms with Crippen LogP contribution in [-0.2, 0) is 6.18 Å². The predicted molar refractivity (Wildman–Crippen MR) is 89.0 cm³/mol. The van der Waals surface area contributed by atoms with Crippen LogP contribution in [0.2, 0.25) is 0 Å². The van der Waals surface area contributed by atoms with Crippen LogP contribution in [0.4, 0.5) is 29.3 Å². The van der Waals surface area contributed by atoms with E-state index < -0.39 is 17.8 Å². The van der Waals surface area contributed by atoms with E-state index in [0.29, 0.717) is 24.5 Å². The Hall–Kier alpha value is -2.70. The molecule has 0 atom stereocenters. The number of para-hydroxylation sites is 1. The number of hydrogen-bond donors (Lipinski definition) is 1. The maximum absolute atomic E-state index is 13.2. The lowest BCUT2D eigenvalue weighted by molar-refractivity contribution is -0.137. The van der Waals surface area contributed by atoms with Crippen molar-refractivity contribution in [2.24, 2.45) is 0 Å². The van der Waals surface area contributed by atoms with Gasteiger partial charge in [-0.3, -0.25) is 5.32 Å². The van der Waals surface area contributed by atoms with Crippen molar-refractivity contribution in [3.05, 3.63) is 54.1 Å². The van der Waals surface area contributed by atoms with Crippen molar-refractivity contribution in [1.82, 2.24) is 0 Å². The van der Waals surface area contributed by atoms with Crippen molar-refractivity contribution >= 4 is 17.5 Å². The molecule has 0 aliphatic carbocycles. The van der Waals surface area contributed by atoms with Crippen LogP contribution in [0.15, 0.2) is 48.5 Å². The fourth-order valence-corrected chi connectivity index (χ4v) is 2.74. The highest BCUT2D eigenvalue weighted by atomic mass is 19.4. The lowest BCUT2D eigenvalue weighted by atomic mass is 10.1. The first-order chi connectivity index (χ1) is 11.9. The van der Waals surface area contributed by atoms with Crippen molar-refractivity contribution < 1.29 is 22.7 Å². The summed E-state index contributed by atoms with van der Waals surface area (Å²) >= 11 is 0. The third kappa shape index (κ3) is 4.43. The molecule has 7 heteroatoms. The lowest BCUT2D eigenvalue weighted by Crippen LogP contribution is -2.21. The van der Waals surface area contributed by atoms with Crippen LogP contribution in [0, 0.1) is 0 Å². The topological polar surface area (TPSA) is 41.6 Å². The van der Waals surface area contributed by atoms with Gasteiger partial charge < -0.3 is 9.64 Å². The number of benzene rings is 2. The molecule has 1 amide bonds. The van der Waals surface area contributed by atoms with Crippen molar-refractivity contribution in [3.8, 4) is 5.75 Å². The van der Waals surface area contributed by atoms with Gasteiger partial charge in [-0.1, -0.05) is 18.2 Å². The van der Waals surface area contributed by atoms with Crippen LogP contribution in [0.25, 0.3) is 0 Å². The van der Waals surface area contributed by atoms with Crippen LogP contribution < -0.4 is 15.0 Å². The van der Waals surface area contributed by atoms with Gasteiger partial charge in [0.05, 0.1) is 5.56 Å². The van der Waals surface area contributed by atoms with Crippen LogP contribution in [0.1, 0.15) is 18.4 Å². The number of carbonyl (C=O) groups is 1. The number of amides is 1. The molecule has 2 aromatic carbocycles. The number of hydrogen-bond acceptors (Lipinski definition) is 3. The molecule has 132 valence electrons. The molecule has 1 aliphatic rings. The zero-order valence-corrected chi connectivity index (χ0v) is 13.3. The first-order valence-electron chi connectivity index (χ1n) is 7.93. The Kier molecular flexibility index (Phi) is 4.83. The molecule has 1 heterocycles. The van der Waals surface area contributed by atoms with Gasteiger partial charge in [-0.15, -0.1) is 0 Å². The van der Waals surface area contributed by atoms with Gasteiger partial charge in [-0.25, -0.2) is 4.79 Å². The van der Waals surface area contributed by atoms with Crippen LogP contribution in [-0.4, -0.2) is 19.2 Å². The van der Waals surface area contributed by atoms with Crippen LogP contribution in [0.5, 0.6) is 5.75 Å². The van der Waals surface area contributed by atoms with E-state index in [0.717, 1.165) is 25.0 Å². The smallest absolute Gasteiger partial charge is 0.410 e. The summed E-state index contributed by atoms with van der Waals surface area (Å²) in [5.41, 5.74) is -0.299. The minimum Gasteiger partial charge on any atom is -0.410 e. The van der Waals surface area contributed by atoms with Gasteiger partial charge in [-0.2, -0.15) is 13.2 Å². The van der Waals surface area contributed by atoms with Gasteiger partial charge in [0.15, 0.2) is 0 Å². The highest BCUT2D eigenvalue weighted by Crippen LogP contribution is 2.35. The molecule has 0 radical (unpaired) electrons. The summed E-state index contributed by atoms with van der Waals surface area (Å²) in [6.07, 6.45) is -3.45. The monoisotopic (exact) mass is 350 g/mol. The van der Waals surface area contributed by atoms with E-state index in [1.165, 1.54) is 6.07 Å². The fraction of sp³-hybridized carbons (Fsp3) is 0.278. The van der Waals surface area contributed by atoms with Crippen molar-refractivity contribution in [1.29, 1.82) is 0 Å². The fourth-order valence-electron chi connectivity index (χ4n) is 2.74. The number of nitrogens with zero attached hydrogens (tertiary/aromatic N) is 1. The highest BCUT2D eigenvalue weighted by Gasteiger charge is 2.32. The molecule has 0 aromatic heterocycles. The summed E-state index contributed by atoms with van der Waals surface area (Å²) in [6.45, 7) is 1.41. The zero-order chi connectivity index (χ0) is 17.9. The van der Waals surface area contributed by atoms with E-state index in [1.807, 2.05) is 4.90 Å². The molecule has 1 fully saturated rings. The largest absolute Gasteiger partial charge is 0.417 e. The average molecular weight is 350 g/mol. The van der Waals surface area contributed by atoms with E-state index in [4.69, 9.17) is 4.74 Å². The molecular weight excluding hydrogens is 333 g/mol. The Morgan fingerprint density at radius 3 is 2.36 bits per heavy atom. The summed E-state index contributed by atoms with van der Waals surface area (Å²) in [6, 6.07) is 11.9. The molecule has 4 nitrogen and oxygen atoms in total. The summed E-state index contributed by atoms with van der Waals surface area (Å²) in [4.78, 5) is 13.8. The second kappa shape index (κ2) is 7.04. The maximum Gasteiger partial charge on any atom is 0.417 e. The molecule has 1 saturated heterocycles. The number of halogens is 3. The Bertz CT molecular complexity index is 742. The first kappa shape index (κ1) is 17.1. The molecule has 0 bridgehead atoms.